The highest BCUT2D eigenvalue weighted by molar-refractivity contribution is 7.88. The van der Waals surface area contributed by atoms with Gasteiger partial charge in [0.15, 0.2) is 0 Å². The summed E-state index contributed by atoms with van der Waals surface area (Å²) in [4.78, 5) is 13.5. The van der Waals surface area contributed by atoms with Crippen LogP contribution in [0.1, 0.15) is 43.1 Å². The Hall–Kier alpha value is -2.74. The second kappa shape index (κ2) is 8.89. The lowest BCUT2D eigenvalue weighted by Crippen LogP contribution is -2.49. The molecule has 0 radical (unpaired) electrons. The van der Waals surface area contributed by atoms with Crippen LogP contribution in [0.5, 0.6) is 0 Å². The molecule has 1 aliphatic rings. The predicted molar refractivity (Wildman–Crippen MR) is 131 cm³/mol. The molecule has 2 heterocycles. The molecule has 6 nitrogen and oxygen atoms in total. The van der Waals surface area contributed by atoms with Crippen LogP contribution in [0.2, 0.25) is 0 Å². The van der Waals surface area contributed by atoms with Crippen LogP contribution in [0.25, 0.3) is 11.1 Å². The molecule has 0 amide bonds. The molecule has 4 rings (SSSR count). The Labute approximate surface area is 195 Å². The van der Waals surface area contributed by atoms with Crippen molar-refractivity contribution >= 4 is 10.0 Å². The molecule has 0 spiro atoms. The third kappa shape index (κ3) is 5.27. The van der Waals surface area contributed by atoms with Gasteiger partial charge in [0.05, 0.1) is 17.9 Å². The minimum atomic E-state index is -3.47. The van der Waals surface area contributed by atoms with Gasteiger partial charge in [-0.3, -0.25) is 4.79 Å². The van der Waals surface area contributed by atoms with Gasteiger partial charge in [0.2, 0.25) is 10.0 Å². The van der Waals surface area contributed by atoms with Crippen molar-refractivity contribution in [2.24, 2.45) is 0 Å². The quantitative estimate of drug-likeness (QED) is 0.583. The van der Waals surface area contributed by atoms with E-state index in [-0.39, 0.29) is 5.56 Å². The van der Waals surface area contributed by atoms with Crippen molar-refractivity contribution in [2.45, 2.75) is 50.8 Å². The molecule has 0 saturated carbocycles. The van der Waals surface area contributed by atoms with E-state index in [4.69, 9.17) is 0 Å². The number of rotatable bonds is 6. The van der Waals surface area contributed by atoms with E-state index in [0.717, 1.165) is 28.6 Å². The van der Waals surface area contributed by atoms with E-state index in [1.807, 2.05) is 54.6 Å². The molecule has 2 aromatic carbocycles. The van der Waals surface area contributed by atoms with E-state index in [9.17, 15) is 18.3 Å². The largest absolute Gasteiger partial charge is 0.386 e. The first-order valence-corrected chi connectivity index (χ1v) is 13.0. The van der Waals surface area contributed by atoms with Crippen LogP contribution in [0.15, 0.2) is 71.5 Å². The molecular weight excluding hydrogens is 436 g/mol. The highest BCUT2D eigenvalue weighted by atomic mass is 32.2. The first-order chi connectivity index (χ1) is 15.5. The van der Waals surface area contributed by atoms with Gasteiger partial charge in [-0.05, 0) is 61.9 Å². The highest BCUT2D eigenvalue weighted by Gasteiger charge is 2.34. The fourth-order valence-corrected chi connectivity index (χ4v) is 5.52. The van der Waals surface area contributed by atoms with Crippen molar-refractivity contribution in [1.29, 1.82) is 0 Å². The lowest BCUT2D eigenvalue weighted by Gasteiger charge is -2.36. The molecule has 7 heteroatoms. The number of pyridine rings is 1. The zero-order chi connectivity index (χ0) is 23.8. The molecule has 1 aliphatic heterocycles. The van der Waals surface area contributed by atoms with E-state index in [1.54, 1.807) is 24.5 Å². The van der Waals surface area contributed by atoms with Crippen LogP contribution in [-0.4, -0.2) is 30.4 Å². The van der Waals surface area contributed by atoms with Gasteiger partial charge in [-0.25, -0.2) is 13.1 Å². The summed E-state index contributed by atoms with van der Waals surface area (Å²) in [5, 5.41) is 10.5. The average molecular weight is 467 g/mol. The van der Waals surface area contributed by atoms with Crippen molar-refractivity contribution < 1.29 is 13.5 Å². The van der Waals surface area contributed by atoms with Crippen molar-refractivity contribution in [2.75, 3.05) is 6.26 Å². The minimum Gasteiger partial charge on any atom is -0.386 e. The highest BCUT2D eigenvalue weighted by Crippen LogP contribution is 2.30. The summed E-state index contributed by atoms with van der Waals surface area (Å²) in [6.45, 7) is 3.17. The molecule has 174 valence electrons. The van der Waals surface area contributed by atoms with Crippen LogP contribution in [0.3, 0.4) is 0 Å². The molecule has 3 aromatic rings. The molecular formula is C26H30N2O4S. The molecule has 2 N–H and O–H groups in total. The third-order valence-corrected chi connectivity index (χ3v) is 6.94. The summed E-state index contributed by atoms with van der Waals surface area (Å²) in [5.41, 5.74) is 2.75. The van der Waals surface area contributed by atoms with E-state index < -0.39 is 27.7 Å². The van der Waals surface area contributed by atoms with Crippen LogP contribution < -0.4 is 10.3 Å². The number of aliphatic hydroxyl groups is 1. The number of aryl methyl sites for hydroxylation is 1. The van der Waals surface area contributed by atoms with Gasteiger partial charge in [0, 0.05) is 17.3 Å². The van der Waals surface area contributed by atoms with Gasteiger partial charge >= 0.3 is 0 Å². The van der Waals surface area contributed by atoms with Crippen molar-refractivity contribution in [3.05, 3.63) is 93.9 Å². The number of nitrogens with one attached hydrogen (secondary N) is 1. The maximum absolute atomic E-state index is 13.5. The van der Waals surface area contributed by atoms with Crippen LogP contribution >= 0.6 is 0 Å². The average Bonchev–Trinajstić information content (AvgIpc) is 2.74. The SMILES string of the molecule is CC(C)(O)c1ccc2n(c1=O)[C@@H](Cc1cccc(-c3ccccc3)c1)[C@@H](NS(C)(=O)=O)CC2. The third-order valence-electron chi connectivity index (χ3n) is 6.21. The Morgan fingerprint density at radius 3 is 2.39 bits per heavy atom. The fourth-order valence-electron chi connectivity index (χ4n) is 4.70. The van der Waals surface area contributed by atoms with E-state index >= 15 is 0 Å². The number of sulfonamides is 1. The fraction of sp³-hybridized carbons (Fsp3) is 0.346. The molecule has 0 bridgehead atoms. The molecule has 1 aromatic heterocycles. The van der Waals surface area contributed by atoms with Crippen LogP contribution in [0.4, 0.5) is 0 Å². The summed E-state index contributed by atoms with van der Waals surface area (Å²) < 4.78 is 28.7. The summed E-state index contributed by atoms with van der Waals surface area (Å²) in [5.74, 6) is 0. The molecule has 0 unspecified atom stereocenters. The van der Waals surface area contributed by atoms with E-state index in [0.29, 0.717) is 24.8 Å². The maximum Gasteiger partial charge on any atom is 0.257 e. The Kier molecular flexibility index (Phi) is 6.31. The van der Waals surface area contributed by atoms with E-state index in [1.165, 1.54) is 0 Å². The number of aromatic nitrogens is 1. The monoisotopic (exact) mass is 466 g/mol. The lowest BCUT2D eigenvalue weighted by atomic mass is 9.89. The van der Waals surface area contributed by atoms with Gasteiger partial charge < -0.3 is 9.67 Å². The second-order valence-corrected chi connectivity index (χ2v) is 11.1. The predicted octanol–water partition coefficient (Wildman–Crippen LogP) is 3.39. The molecule has 0 saturated heterocycles. The summed E-state index contributed by atoms with van der Waals surface area (Å²) in [6.07, 6.45) is 2.80. The summed E-state index contributed by atoms with van der Waals surface area (Å²) in [6, 6.07) is 20.9. The zero-order valence-corrected chi connectivity index (χ0v) is 20.0. The Morgan fingerprint density at radius 2 is 1.73 bits per heavy atom. The maximum atomic E-state index is 13.5. The summed E-state index contributed by atoms with van der Waals surface area (Å²) >= 11 is 0. The van der Waals surface area contributed by atoms with Crippen LogP contribution in [0, 0.1) is 0 Å². The standard InChI is InChI=1S/C26H30N2O4S/c1-26(2,30)22-14-12-21-13-15-23(27-33(3,31)32)24(28(21)25(22)29)17-18-8-7-11-20(16-18)19-9-5-4-6-10-19/h4-12,14,16,23-24,27,30H,13,15,17H2,1-3H3/t23-,24-/m0/s1. The molecule has 2 atom stereocenters. The van der Waals surface area contributed by atoms with E-state index in [2.05, 4.69) is 10.8 Å². The van der Waals surface area contributed by atoms with Gasteiger partial charge in [-0.2, -0.15) is 0 Å². The van der Waals surface area contributed by atoms with Gasteiger partial charge in [-0.15, -0.1) is 0 Å². The van der Waals surface area contributed by atoms with Crippen molar-refractivity contribution in [1.82, 2.24) is 9.29 Å². The summed E-state index contributed by atoms with van der Waals surface area (Å²) in [7, 11) is -3.47. The smallest absolute Gasteiger partial charge is 0.257 e. The Balaban J connectivity index is 1.80. The topological polar surface area (TPSA) is 88.4 Å². The minimum absolute atomic E-state index is 0.274. The normalized spacial score (nSPS) is 18.7. The Morgan fingerprint density at radius 1 is 1.03 bits per heavy atom. The first-order valence-electron chi connectivity index (χ1n) is 11.1. The number of hydrogen-bond acceptors (Lipinski definition) is 4. The first kappa shape index (κ1) is 23.4. The van der Waals surface area contributed by atoms with Gasteiger partial charge in [0.25, 0.3) is 5.56 Å². The van der Waals surface area contributed by atoms with Crippen molar-refractivity contribution in [3.8, 4) is 11.1 Å². The number of benzene rings is 2. The van der Waals surface area contributed by atoms with Gasteiger partial charge in [-0.1, -0.05) is 54.6 Å². The number of nitrogens with zero attached hydrogens (tertiary/aromatic N) is 1. The number of fused-ring (bicyclic) bond motifs is 1. The van der Waals surface area contributed by atoms with Crippen LogP contribution in [-0.2, 0) is 28.5 Å². The molecule has 0 fully saturated rings. The second-order valence-electron chi connectivity index (χ2n) is 9.35. The van der Waals surface area contributed by atoms with Gasteiger partial charge in [0.1, 0.15) is 0 Å². The molecule has 33 heavy (non-hydrogen) atoms. The zero-order valence-electron chi connectivity index (χ0n) is 19.2. The Bertz CT molecular complexity index is 1310. The van der Waals surface area contributed by atoms with Crippen molar-refractivity contribution in [3.63, 3.8) is 0 Å². The number of hydrogen-bond donors (Lipinski definition) is 2. The molecule has 0 aliphatic carbocycles. The lowest BCUT2D eigenvalue weighted by molar-refractivity contribution is 0.0758.